The Bertz CT molecular complexity index is 1060. The summed E-state index contributed by atoms with van der Waals surface area (Å²) >= 11 is 0. The van der Waals surface area contributed by atoms with Crippen molar-refractivity contribution in [3.05, 3.63) is 54.4 Å². The van der Waals surface area contributed by atoms with E-state index < -0.39 is 0 Å². The van der Waals surface area contributed by atoms with Crippen LogP contribution in [0, 0.1) is 0 Å². The Kier molecular flexibility index (Phi) is 6.82. The maximum Gasteiger partial charge on any atom is 0.133 e. The predicted octanol–water partition coefficient (Wildman–Crippen LogP) is 2.78. The van der Waals surface area contributed by atoms with E-state index >= 15 is 0 Å². The van der Waals surface area contributed by atoms with Crippen LogP contribution < -0.4 is 20.1 Å². The Balaban J connectivity index is 2.09. The highest BCUT2D eigenvalue weighted by Gasteiger charge is 2.14. The fourth-order valence-electron chi connectivity index (χ4n) is 3.08. The molecule has 0 saturated carbocycles. The van der Waals surface area contributed by atoms with E-state index in [9.17, 15) is 5.11 Å². The lowest BCUT2D eigenvalue weighted by atomic mass is 10.1. The van der Waals surface area contributed by atoms with Gasteiger partial charge in [0.1, 0.15) is 17.3 Å². The molecule has 8 heteroatoms. The molecular weight excluding hydrogens is 382 g/mol. The monoisotopic (exact) mass is 407 g/mol. The maximum absolute atomic E-state index is 9.65. The molecule has 156 valence electrons. The molecule has 3 aromatic rings. The van der Waals surface area contributed by atoms with Crippen LogP contribution in [0.3, 0.4) is 0 Å². The maximum atomic E-state index is 9.65. The van der Waals surface area contributed by atoms with Crippen LogP contribution in [0.2, 0.25) is 0 Å². The van der Waals surface area contributed by atoms with E-state index in [0.717, 1.165) is 22.3 Å². The first kappa shape index (κ1) is 21.1. The summed E-state index contributed by atoms with van der Waals surface area (Å²) in [5.41, 5.74) is 9.53. The summed E-state index contributed by atoms with van der Waals surface area (Å²) in [6, 6.07) is 11.2. The number of anilines is 2. The number of nitrogens with zero attached hydrogens (tertiary/aromatic N) is 4. The van der Waals surface area contributed by atoms with Gasteiger partial charge in [-0.25, -0.2) is 4.98 Å². The van der Waals surface area contributed by atoms with E-state index in [0.29, 0.717) is 29.4 Å². The van der Waals surface area contributed by atoms with Gasteiger partial charge in [-0.15, -0.1) is 0 Å². The minimum atomic E-state index is -0.0510. The first-order valence-corrected chi connectivity index (χ1v) is 9.36. The molecule has 1 aromatic carbocycles. The van der Waals surface area contributed by atoms with Gasteiger partial charge >= 0.3 is 0 Å². The zero-order valence-electron chi connectivity index (χ0n) is 17.2. The van der Waals surface area contributed by atoms with Crippen LogP contribution in [0.15, 0.2) is 53.8 Å². The van der Waals surface area contributed by atoms with Crippen LogP contribution in [-0.4, -0.2) is 55.7 Å². The Morgan fingerprint density at radius 1 is 1.13 bits per heavy atom. The molecule has 3 rings (SSSR count). The van der Waals surface area contributed by atoms with Crippen molar-refractivity contribution in [2.45, 2.75) is 0 Å². The van der Waals surface area contributed by atoms with Gasteiger partial charge in [-0.05, 0) is 18.2 Å². The third-order valence-corrected chi connectivity index (χ3v) is 4.55. The third kappa shape index (κ3) is 4.49. The van der Waals surface area contributed by atoms with Crippen molar-refractivity contribution in [3.8, 4) is 11.5 Å². The van der Waals surface area contributed by atoms with E-state index in [1.165, 1.54) is 6.20 Å². The number of aliphatic hydroxyl groups excluding tert-OH is 1. The SMILES string of the molecule is CN=C/C(=C\N)c1cnc2ccc(N(CCO)c3cc(OC)cc(OC)c3)nc2c1. The average molecular weight is 407 g/mol. The minimum absolute atomic E-state index is 0.0510. The van der Waals surface area contributed by atoms with Gasteiger partial charge in [-0.2, -0.15) is 0 Å². The number of hydrogen-bond donors (Lipinski definition) is 2. The summed E-state index contributed by atoms with van der Waals surface area (Å²) in [4.78, 5) is 15.2. The number of ether oxygens (including phenoxy) is 2. The molecule has 30 heavy (non-hydrogen) atoms. The number of methoxy groups -OCH3 is 2. The smallest absolute Gasteiger partial charge is 0.133 e. The molecule has 0 unspecified atom stereocenters. The van der Waals surface area contributed by atoms with E-state index in [-0.39, 0.29) is 6.61 Å². The zero-order chi connectivity index (χ0) is 21.5. The molecule has 0 radical (unpaired) electrons. The van der Waals surface area contributed by atoms with Crippen LogP contribution in [0.4, 0.5) is 11.5 Å². The molecule has 3 N–H and O–H groups in total. The fourth-order valence-corrected chi connectivity index (χ4v) is 3.08. The molecule has 0 aliphatic rings. The molecule has 0 aliphatic heterocycles. The Hall–Kier alpha value is -3.65. The van der Waals surface area contributed by atoms with Gasteiger partial charge in [0.05, 0.1) is 31.9 Å². The van der Waals surface area contributed by atoms with Gasteiger partial charge in [-0.3, -0.25) is 9.98 Å². The highest BCUT2D eigenvalue weighted by atomic mass is 16.5. The number of pyridine rings is 2. The second-order valence-corrected chi connectivity index (χ2v) is 6.39. The van der Waals surface area contributed by atoms with Gasteiger partial charge < -0.3 is 25.2 Å². The molecule has 0 atom stereocenters. The number of rotatable bonds is 8. The number of fused-ring (bicyclic) bond motifs is 1. The summed E-state index contributed by atoms with van der Waals surface area (Å²) < 4.78 is 10.8. The number of aliphatic hydroxyl groups is 1. The van der Waals surface area contributed by atoms with E-state index in [2.05, 4.69) is 9.98 Å². The van der Waals surface area contributed by atoms with Crippen LogP contribution in [0.25, 0.3) is 16.6 Å². The van der Waals surface area contributed by atoms with Crippen molar-refractivity contribution in [1.82, 2.24) is 9.97 Å². The molecule has 0 aliphatic carbocycles. The van der Waals surface area contributed by atoms with Gasteiger partial charge in [0.2, 0.25) is 0 Å². The molecule has 0 saturated heterocycles. The van der Waals surface area contributed by atoms with Crippen molar-refractivity contribution in [1.29, 1.82) is 0 Å². The molecule has 0 bridgehead atoms. The number of aromatic nitrogens is 2. The molecular formula is C22H25N5O3. The van der Waals surface area contributed by atoms with Gasteiger partial charge in [-0.1, -0.05) is 0 Å². The summed E-state index contributed by atoms with van der Waals surface area (Å²) in [5.74, 6) is 1.95. The average Bonchev–Trinajstić information content (AvgIpc) is 2.79. The molecule has 2 aromatic heterocycles. The van der Waals surface area contributed by atoms with E-state index in [4.69, 9.17) is 20.2 Å². The summed E-state index contributed by atoms with van der Waals surface area (Å²) in [7, 11) is 4.88. The lowest BCUT2D eigenvalue weighted by Crippen LogP contribution is -2.22. The second kappa shape index (κ2) is 9.71. The summed E-state index contributed by atoms with van der Waals surface area (Å²) in [6.45, 7) is 0.295. The van der Waals surface area contributed by atoms with Crippen molar-refractivity contribution in [2.24, 2.45) is 10.7 Å². The van der Waals surface area contributed by atoms with Crippen LogP contribution >= 0.6 is 0 Å². The highest BCUT2D eigenvalue weighted by Crippen LogP contribution is 2.32. The van der Waals surface area contributed by atoms with Gasteiger partial charge in [0.25, 0.3) is 0 Å². The number of allylic oxidation sites excluding steroid dienone is 1. The molecule has 0 spiro atoms. The number of nitrogens with two attached hydrogens (primary N) is 1. The predicted molar refractivity (Wildman–Crippen MR) is 120 cm³/mol. The van der Waals surface area contributed by atoms with Crippen molar-refractivity contribution in [2.75, 3.05) is 39.3 Å². The van der Waals surface area contributed by atoms with Crippen LogP contribution in [0.5, 0.6) is 11.5 Å². The standard InChI is InChI=1S/C22H25N5O3/c1-24-13-16(12-23)15-8-21-20(25-14-15)4-5-22(26-21)27(6-7-28)17-9-18(29-2)11-19(10-17)30-3/h4-5,8-14,28H,6-7,23H2,1-3H3/b16-12+,24-13?. The topological polar surface area (TPSA) is 106 Å². The molecule has 2 heterocycles. The lowest BCUT2D eigenvalue weighted by Gasteiger charge is -2.24. The van der Waals surface area contributed by atoms with Crippen LogP contribution in [0.1, 0.15) is 5.56 Å². The first-order chi connectivity index (χ1) is 14.6. The summed E-state index contributed by atoms with van der Waals surface area (Å²) in [5, 5.41) is 9.65. The quantitative estimate of drug-likeness (QED) is 0.553. The lowest BCUT2D eigenvalue weighted by molar-refractivity contribution is 0.305. The largest absolute Gasteiger partial charge is 0.497 e. The zero-order valence-corrected chi connectivity index (χ0v) is 17.2. The Labute approximate surface area is 175 Å². The van der Waals surface area contributed by atoms with Crippen molar-refractivity contribution in [3.63, 3.8) is 0 Å². The normalized spacial score (nSPS) is 11.8. The van der Waals surface area contributed by atoms with E-state index in [1.807, 2.05) is 35.2 Å². The van der Waals surface area contributed by atoms with E-state index in [1.54, 1.807) is 39.7 Å². The second-order valence-electron chi connectivity index (χ2n) is 6.39. The third-order valence-electron chi connectivity index (χ3n) is 4.55. The van der Waals surface area contributed by atoms with Gasteiger partial charge in [0.15, 0.2) is 0 Å². The molecule has 8 nitrogen and oxygen atoms in total. The number of hydrogen-bond acceptors (Lipinski definition) is 8. The Morgan fingerprint density at radius 3 is 2.47 bits per heavy atom. The van der Waals surface area contributed by atoms with Crippen molar-refractivity contribution >= 4 is 34.3 Å². The first-order valence-electron chi connectivity index (χ1n) is 9.36. The number of aliphatic imine (C=N–C) groups is 1. The molecule has 0 amide bonds. The fraction of sp³-hybridized carbons (Fsp3) is 0.227. The van der Waals surface area contributed by atoms with Crippen LogP contribution in [-0.2, 0) is 0 Å². The van der Waals surface area contributed by atoms with Crippen molar-refractivity contribution < 1.29 is 14.6 Å². The minimum Gasteiger partial charge on any atom is -0.497 e. The molecule has 0 fully saturated rings. The number of benzene rings is 1. The summed E-state index contributed by atoms with van der Waals surface area (Å²) in [6.07, 6.45) is 4.90. The van der Waals surface area contributed by atoms with Gasteiger partial charge in [0, 0.05) is 67.2 Å². The Morgan fingerprint density at radius 2 is 1.87 bits per heavy atom. The highest BCUT2D eigenvalue weighted by molar-refractivity contribution is 6.10.